The summed E-state index contributed by atoms with van der Waals surface area (Å²) in [6.07, 6.45) is 0. The Bertz CT molecular complexity index is 362. The quantitative estimate of drug-likeness (QED) is 0.860. The van der Waals surface area contributed by atoms with Crippen LogP contribution in [0.15, 0.2) is 18.2 Å². The van der Waals surface area contributed by atoms with Gasteiger partial charge in [-0.1, -0.05) is 12.1 Å². The Kier molecular flexibility index (Phi) is 3.71. The first-order valence-corrected chi connectivity index (χ1v) is 6.72. The maximum atomic E-state index is 13.9. The predicted molar refractivity (Wildman–Crippen MR) is 68.5 cm³/mol. The van der Waals surface area contributed by atoms with E-state index in [2.05, 4.69) is 4.90 Å². The van der Waals surface area contributed by atoms with Crippen molar-refractivity contribution in [1.82, 2.24) is 0 Å². The van der Waals surface area contributed by atoms with Gasteiger partial charge in [0.05, 0.1) is 5.69 Å². The third-order valence-electron chi connectivity index (χ3n) is 2.84. The number of anilines is 1. The fourth-order valence-corrected chi connectivity index (χ4v) is 2.92. The Balaban J connectivity index is 2.36. The highest BCUT2D eigenvalue weighted by atomic mass is 32.2. The lowest BCUT2D eigenvalue weighted by Gasteiger charge is -2.31. The van der Waals surface area contributed by atoms with Gasteiger partial charge in [-0.2, -0.15) is 11.8 Å². The van der Waals surface area contributed by atoms with Crippen LogP contribution < -0.4 is 10.6 Å². The SMILES string of the molecule is C[C@@H](N)c1cccc(F)c1N1CCSCC1. The fraction of sp³-hybridized carbons (Fsp3) is 0.500. The van der Waals surface area contributed by atoms with Gasteiger partial charge in [0.25, 0.3) is 0 Å². The van der Waals surface area contributed by atoms with E-state index in [9.17, 15) is 4.39 Å². The average molecular weight is 240 g/mol. The van der Waals surface area contributed by atoms with E-state index in [0.29, 0.717) is 5.69 Å². The van der Waals surface area contributed by atoms with Gasteiger partial charge in [0.1, 0.15) is 5.82 Å². The molecule has 1 atom stereocenters. The molecule has 4 heteroatoms. The molecular formula is C12H17FN2S. The van der Waals surface area contributed by atoms with Gasteiger partial charge in [-0.25, -0.2) is 4.39 Å². The number of halogens is 1. The van der Waals surface area contributed by atoms with Gasteiger partial charge in [-0.3, -0.25) is 0 Å². The normalized spacial score (nSPS) is 18.6. The van der Waals surface area contributed by atoms with Crippen molar-refractivity contribution in [3.05, 3.63) is 29.6 Å². The van der Waals surface area contributed by atoms with Crippen molar-refractivity contribution >= 4 is 17.4 Å². The second-order valence-corrected chi connectivity index (χ2v) is 5.29. The Morgan fingerprint density at radius 2 is 2.06 bits per heavy atom. The number of nitrogens with two attached hydrogens (primary N) is 1. The topological polar surface area (TPSA) is 29.3 Å². The van der Waals surface area contributed by atoms with Crippen molar-refractivity contribution in [2.75, 3.05) is 29.5 Å². The largest absolute Gasteiger partial charge is 0.367 e. The van der Waals surface area contributed by atoms with Crippen LogP contribution in [0.2, 0.25) is 0 Å². The van der Waals surface area contributed by atoms with Crippen LogP contribution in [0.4, 0.5) is 10.1 Å². The predicted octanol–water partition coefficient (Wildman–Crippen LogP) is 2.40. The van der Waals surface area contributed by atoms with Crippen LogP contribution in [0.3, 0.4) is 0 Å². The molecule has 2 rings (SSSR count). The van der Waals surface area contributed by atoms with E-state index < -0.39 is 0 Å². The Hall–Kier alpha value is -0.740. The van der Waals surface area contributed by atoms with E-state index in [4.69, 9.17) is 5.73 Å². The highest BCUT2D eigenvalue weighted by Crippen LogP contribution is 2.30. The van der Waals surface area contributed by atoms with Crippen LogP contribution in [0.5, 0.6) is 0 Å². The standard InChI is InChI=1S/C12H17FN2S/c1-9(14)10-3-2-4-11(13)12(10)15-5-7-16-8-6-15/h2-4,9H,5-8,14H2,1H3/t9-/m1/s1. The van der Waals surface area contributed by atoms with Gasteiger partial charge < -0.3 is 10.6 Å². The van der Waals surface area contributed by atoms with Crippen molar-refractivity contribution in [2.24, 2.45) is 5.73 Å². The van der Waals surface area contributed by atoms with Crippen molar-refractivity contribution in [3.63, 3.8) is 0 Å². The van der Waals surface area contributed by atoms with E-state index in [1.165, 1.54) is 6.07 Å². The molecule has 1 aromatic carbocycles. The molecule has 0 saturated carbocycles. The summed E-state index contributed by atoms with van der Waals surface area (Å²) < 4.78 is 13.9. The van der Waals surface area contributed by atoms with Gasteiger partial charge in [-0.05, 0) is 18.6 Å². The maximum absolute atomic E-state index is 13.9. The summed E-state index contributed by atoms with van der Waals surface area (Å²) in [5.74, 6) is 1.97. The number of rotatable bonds is 2. The lowest BCUT2D eigenvalue weighted by molar-refractivity contribution is 0.613. The molecule has 1 saturated heterocycles. The van der Waals surface area contributed by atoms with E-state index >= 15 is 0 Å². The van der Waals surface area contributed by atoms with Crippen molar-refractivity contribution < 1.29 is 4.39 Å². The molecule has 1 aliphatic heterocycles. The first-order valence-electron chi connectivity index (χ1n) is 5.57. The first-order chi connectivity index (χ1) is 7.70. The van der Waals surface area contributed by atoms with Crippen molar-refractivity contribution in [1.29, 1.82) is 0 Å². The molecule has 1 aromatic rings. The van der Waals surface area contributed by atoms with Gasteiger partial charge in [0.15, 0.2) is 0 Å². The van der Waals surface area contributed by atoms with E-state index in [-0.39, 0.29) is 11.9 Å². The third-order valence-corrected chi connectivity index (χ3v) is 3.78. The van der Waals surface area contributed by atoms with E-state index in [1.54, 1.807) is 6.07 Å². The minimum atomic E-state index is -0.151. The summed E-state index contributed by atoms with van der Waals surface area (Å²) in [4.78, 5) is 2.12. The molecule has 0 amide bonds. The molecule has 0 aliphatic carbocycles. The molecule has 88 valence electrons. The van der Waals surface area contributed by atoms with Gasteiger partial charge >= 0.3 is 0 Å². The zero-order valence-corrected chi connectivity index (χ0v) is 10.3. The summed E-state index contributed by atoms with van der Waals surface area (Å²) in [6.45, 7) is 3.72. The first kappa shape index (κ1) is 11.7. The highest BCUT2D eigenvalue weighted by Gasteiger charge is 2.19. The molecule has 0 aromatic heterocycles. The molecule has 0 spiro atoms. The minimum Gasteiger partial charge on any atom is -0.367 e. The second-order valence-electron chi connectivity index (χ2n) is 4.07. The minimum absolute atomic E-state index is 0.125. The highest BCUT2D eigenvalue weighted by molar-refractivity contribution is 7.99. The lowest BCUT2D eigenvalue weighted by Crippen LogP contribution is -2.34. The number of nitrogens with zero attached hydrogens (tertiary/aromatic N) is 1. The molecule has 16 heavy (non-hydrogen) atoms. The van der Waals surface area contributed by atoms with Crippen LogP contribution >= 0.6 is 11.8 Å². The monoisotopic (exact) mass is 240 g/mol. The molecule has 1 aliphatic rings. The molecule has 0 radical (unpaired) electrons. The van der Waals surface area contributed by atoms with Gasteiger partial charge in [0.2, 0.25) is 0 Å². The fourth-order valence-electron chi connectivity index (χ4n) is 2.02. The second kappa shape index (κ2) is 5.06. The van der Waals surface area contributed by atoms with Crippen LogP contribution in [0.1, 0.15) is 18.5 Å². The number of para-hydroxylation sites is 1. The van der Waals surface area contributed by atoms with Crippen LogP contribution in [0, 0.1) is 5.82 Å². The Morgan fingerprint density at radius 1 is 1.38 bits per heavy atom. The van der Waals surface area contributed by atoms with Crippen molar-refractivity contribution in [2.45, 2.75) is 13.0 Å². The summed E-state index contributed by atoms with van der Waals surface area (Å²) in [5, 5.41) is 0. The van der Waals surface area contributed by atoms with Gasteiger partial charge in [-0.15, -0.1) is 0 Å². The molecule has 2 nitrogen and oxygen atoms in total. The van der Waals surface area contributed by atoms with Crippen LogP contribution in [-0.4, -0.2) is 24.6 Å². The molecule has 1 heterocycles. The molecule has 1 fully saturated rings. The Labute approximate surface area is 100 Å². The molecule has 2 N–H and O–H groups in total. The van der Waals surface area contributed by atoms with E-state index in [0.717, 1.165) is 30.2 Å². The number of hydrogen-bond acceptors (Lipinski definition) is 3. The number of benzene rings is 1. The Morgan fingerprint density at radius 3 is 2.69 bits per heavy atom. The summed E-state index contributed by atoms with van der Waals surface area (Å²) >= 11 is 1.92. The number of thioether (sulfide) groups is 1. The summed E-state index contributed by atoms with van der Waals surface area (Å²) in [7, 11) is 0. The average Bonchev–Trinajstić information content (AvgIpc) is 2.29. The van der Waals surface area contributed by atoms with Crippen LogP contribution in [-0.2, 0) is 0 Å². The molecular weight excluding hydrogens is 223 g/mol. The zero-order chi connectivity index (χ0) is 11.5. The van der Waals surface area contributed by atoms with Gasteiger partial charge in [0, 0.05) is 30.6 Å². The third kappa shape index (κ3) is 2.33. The smallest absolute Gasteiger partial charge is 0.146 e. The number of hydrogen-bond donors (Lipinski definition) is 1. The molecule has 0 unspecified atom stereocenters. The molecule has 0 bridgehead atoms. The lowest BCUT2D eigenvalue weighted by atomic mass is 10.1. The van der Waals surface area contributed by atoms with E-state index in [1.807, 2.05) is 24.8 Å². The summed E-state index contributed by atoms with van der Waals surface area (Å²) in [6, 6.07) is 5.05. The zero-order valence-electron chi connectivity index (χ0n) is 9.45. The summed E-state index contributed by atoms with van der Waals surface area (Å²) in [5.41, 5.74) is 7.51. The van der Waals surface area contributed by atoms with Crippen LogP contribution in [0.25, 0.3) is 0 Å². The maximum Gasteiger partial charge on any atom is 0.146 e. The van der Waals surface area contributed by atoms with Crippen molar-refractivity contribution in [3.8, 4) is 0 Å².